The van der Waals surface area contributed by atoms with Crippen LogP contribution < -0.4 is 4.90 Å². The molecule has 236 valence electrons. The first kappa shape index (κ1) is 28.4. The van der Waals surface area contributed by atoms with Gasteiger partial charge in [0.1, 0.15) is 11.3 Å². The van der Waals surface area contributed by atoms with Gasteiger partial charge in [0.25, 0.3) is 0 Å². The van der Waals surface area contributed by atoms with Gasteiger partial charge in [-0.25, -0.2) is 15.0 Å². The highest BCUT2D eigenvalue weighted by Crippen LogP contribution is 2.54. The molecule has 3 heterocycles. The molecular formula is C45H30N4O. The first-order valence-corrected chi connectivity index (χ1v) is 16.9. The lowest BCUT2D eigenvalue weighted by molar-refractivity contribution is 0.584. The van der Waals surface area contributed by atoms with Gasteiger partial charge in [-0.1, -0.05) is 133 Å². The van der Waals surface area contributed by atoms with E-state index in [0.717, 1.165) is 44.5 Å². The van der Waals surface area contributed by atoms with Gasteiger partial charge >= 0.3 is 0 Å². The number of benzene rings is 6. The number of nitrogens with zero attached hydrogens (tertiary/aromatic N) is 4. The van der Waals surface area contributed by atoms with Crippen molar-refractivity contribution in [2.24, 2.45) is 0 Å². The van der Waals surface area contributed by atoms with Crippen LogP contribution >= 0.6 is 0 Å². The molecule has 6 aromatic carbocycles. The van der Waals surface area contributed by atoms with Crippen molar-refractivity contribution in [3.63, 3.8) is 0 Å². The molecule has 2 aliphatic rings. The number of fused-ring (bicyclic) bond motifs is 7. The SMILES string of the molecule is C1=CC2C(c3ccccc3N2c2ccccc2)c2c1oc1cc(-c3nc(-c4ccccc4)nc(-c4ccccc4)n3)c(-c3ccccc3)cc21. The van der Waals surface area contributed by atoms with Crippen LogP contribution in [0.3, 0.4) is 0 Å². The molecule has 2 aromatic heterocycles. The van der Waals surface area contributed by atoms with Gasteiger partial charge in [0.2, 0.25) is 0 Å². The minimum Gasteiger partial charge on any atom is -0.456 e. The van der Waals surface area contributed by atoms with Crippen LogP contribution in [0.25, 0.3) is 62.3 Å². The maximum absolute atomic E-state index is 6.76. The molecule has 1 aliphatic carbocycles. The normalized spacial score (nSPS) is 15.9. The predicted octanol–water partition coefficient (Wildman–Crippen LogP) is 11.0. The average Bonchev–Trinajstić information content (AvgIpc) is 3.73. The van der Waals surface area contributed by atoms with Gasteiger partial charge in [0.15, 0.2) is 17.5 Å². The topological polar surface area (TPSA) is 55.1 Å². The molecule has 0 fully saturated rings. The number of hydrogen-bond acceptors (Lipinski definition) is 5. The van der Waals surface area contributed by atoms with E-state index in [9.17, 15) is 0 Å². The van der Waals surface area contributed by atoms with Crippen LogP contribution in [0.5, 0.6) is 0 Å². The second-order valence-electron chi connectivity index (χ2n) is 12.8. The fourth-order valence-corrected chi connectivity index (χ4v) is 7.67. The molecule has 0 amide bonds. The molecule has 0 spiro atoms. The van der Waals surface area contributed by atoms with E-state index in [4.69, 9.17) is 19.4 Å². The molecule has 2 atom stereocenters. The summed E-state index contributed by atoms with van der Waals surface area (Å²) in [5.41, 5.74) is 10.6. The van der Waals surface area contributed by atoms with E-state index in [1.54, 1.807) is 0 Å². The highest BCUT2D eigenvalue weighted by atomic mass is 16.3. The van der Waals surface area contributed by atoms with Crippen LogP contribution in [-0.2, 0) is 0 Å². The molecule has 0 N–H and O–H groups in total. The Bertz CT molecular complexity index is 2490. The summed E-state index contributed by atoms with van der Waals surface area (Å²) in [6.07, 6.45) is 4.45. The monoisotopic (exact) mass is 642 g/mol. The maximum Gasteiger partial charge on any atom is 0.164 e. The van der Waals surface area contributed by atoms with E-state index in [1.807, 2.05) is 66.7 Å². The van der Waals surface area contributed by atoms with E-state index in [2.05, 4.69) is 108 Å². The highest BCUT2D eigenvalue weighted by Gasteiger charge is 2.43. The third-order valence-corrected chi connectivity index (χ3v) is 9.88. The van der Waals surface area contributed by atoms with Crippen LogP contribution in [-0.4, -0.2) is 21.0 Å². The van der Waals surface area contributed by atoms with E-state index in [-0.39, 0.29) is 12.0 Å². The number of aromatic nitrogens is 3. The van der Waals surface area contributed by atoms with Crippen molar-refractivity contribution >= 4 is 28.4 Å². The number of rotatable bonds is 5. The van der Waals surface area contributed by atoms with Gasteiger partial charge in [-0.2, -0.15) is 0 Å². The van der Waals surface area contributed by atoms with Crippen LogP contribution in [0.4, 0.5) is 11.4 Å². The largest absolute Gasteiger partial charge is 0.456 e. The first-order chi connectivity index (χ1) is 24.8. The summed E-state index contributed by atoms with van der Waals surface area (Å²) in [5, 5.41) is 1.10. The summed E-state index contributed by atoms with van der Waals surface area (Å²) >= 11 is 0. The van der Waals surface area contributed by atoms with Crippen molar-refractivity contribution in [3.8, 4) is 45.3 Å². The van der Waals surface area contributed by atoms with Gasteiger partial charge in [0.05, 0.1) is 6.04 Å². The van der Waals surface area contributed by atoms with Crippen molar-refractivity contribution in [1.82, 2.24) is 15.0 Å². The highest BCUT2D eigenvalue weighted by molar-refractivity contribution is 5.98. The summed E-state index contributed by atoms with van der Waals surface area (Å²) in [5.74, 6) is 2.85. The van der Waals surface area contributed by atoms with Gasteiger partial charge in [-0.05, 0) is 53.1 Å². The van der Waals surface area contributed by atoms with Crippen LogP contribution in [0.2, 0.25) is 0 Å². The molecule has 5 nitrogen and oxygen atoms in total. The second kappa shape index (κ2) is 11.5. The lowest BCUT2D eigenvalue weighted by Gasteiger charge is -2.30. The van der Waals surface area contributed by atoms with Crippen LogP contribution in [0.15, 0.2) is 168 Å². The molecule has 50 heavy (non-hydrogen) atoms. The number of para-hydroxylation sites is 2. The molecule has 10 rings (SSSR count). The Hall–Kier alpha value is -6.59. The third kappa shape index (κ3) is 4.59. The first-order valence-electron chi connectivity index (χ1n) is 16.9. The lowest BCUT2D eigenvalue weighted by atomic mass is 9.82. The molecule has 0 radical (unpaired) electrons. The Morgan fingerprint density at radius 3 is 1.74 bits per heavy atom. The zero-order valence-corrected chi connectivity index (χ0v) is 27.0. The van der Waals surface area contributed by atoms with Crippen molar-refractivity contribution in [3.05, 3.63) is 181 Å². The van der Waals surface area contributed by atoms with E-state index < -0.39 is 0 Å². The number of anilines is 2. The summed E-state index contributed by atoms with van der Waals surface area (Å²) in [6, 6.07) is 54.7. The smallest absolute Gasteiger partial charge is 0.164 e. The molecule has 0 saturated heterocycles. The Kier molecular flexibility index (Phi) is 6.56. The minimum absolute atomic E-state index is 0.105. The fraction of sp³-hybridized carbons (Fsp3) is 0.0444. The van der Waals surface area contributed by atoms with Crippen molar-refractivity contribution in [1.29, 1.82) is 0 Å². The van der Waals surface area contributed by atoms with Gasteiger partial charge in [0, 0.05) is 44.9 Å². The minimum atomic E-state index is 0.105. The average molecular weight is 643 g/mol. The zero-order valence-electron chi connectivity index (χ0n) is 27.0. The Labute approximate surface area is 289 Å². The summed E-state index contributed by atoms with van der Waals surface area (Å²) in [7, 11) is 0. The number of hydrogen-bond donors (Lipinski definition) is 0. The quantitative estimate of drug-likeness (QED) is 0.187. The zero-order chi connectivity index (χ0) is 33.0. The van der Waals surface area contributed by atoms with Gasteiger partial charge < -0.3 is 9.32 Å². The molecule has 0 saturated carbocycles. The van der Waals surface area contributed by atoms with E-state index in [1.165, 1.54) is 22.5 Å². The molecule has 0 bridgehead atoms. The van der Waals surface area contributed by atoms with E-state index in [0.29, 0.717) is 17.5 Å². The Morgan fingerprint density at radius 1 is 0.520 bits per heavy atom. The van der Waals surface area contributed by atoms with Gasteiger partial charge in [-0.15, -0.1) is 0 Å². The van der Waals surface area contributed by atoms with Crippen molar-refractivity contribution < 1.29 is 4.42 Å². The molecule has 2 unspecified atom stereocenters. The maximum atomic E-state index is 6.76. The molecular weight excluding hydrogens is 613 g/mol. The van der Waals surface area contributed by atoms with Crippen LogP contribution in [0.1, 0.15) is 22.8 Å². The van der Waals surface area contributed by atoms with Gasteiger partial charge in [-0.3, -0.25) is 0 Å². The lowest BCUT2D eigenvalue weighted by Crippen LogP contribution is -2.30. The molecule has 8 aromatic rings. The standard InChI is InChI=1S/C45H30N4O/c1-5-15-29(16-6-1)34-27-36-40(28-35(34)45-47-43(30-17-7-2-8-18-30)46-44(48-45)31-19-9-3-10-20-31)50-39-26-25-38-41(42(36)39)33-23-13-14-24-37(33)49(38)32-21-11-4-12-22-32/h1-28,38,41H. The Balaban J connectivity index is 1.21. The molecule has 5 heteroatoms. The second-order valence-corrected chi connectivity index (χ2v) is 12.8. The third-order valence-electron chi connectivity index (χ3n) is 9.88. The van der Waals surface area contributed by atoms with Crippen molar-refractivity contribution in [2.75, 3.05) is 4.90 Å². The predicted molar refractivity (Wildman–Crippen MR) is 201 cm³/mol. The summed E-state index contributed by atoms with van der Waals surface area (Å²) in [4.78, 5) is 17.6. The fourth-order valence-electron chi connectivity index (χ4n) is 7.67. The Morgan fingerprint density at radius 2 is 1.08 bits per heavy atom. The summed E-state index contributed by atoms with van der Waals surface area (Å²) < 4.78 is 6.76. The van der Waals surface area contributed by atoms with E-state index >= 15 is 0 Å². The van der Waals surface area contributed by atoms with Crippen LogP contribution in [0, 0.1) is 0 Å². The molecule has 1 aliphatic heterocycles. The van der Waals surface area contributed by atoms with Crippen molar-refractivity contribution in [2.45, 2.75) is 12.0 Å². The number of furan rings is 1. The summed E-state index contributed by atoms with van der Waals surface area (Å²) in [6.45, 7) is 0.